The van der Waals surface area contributed by atoms with E-state index < -0.39 is 28.7 Å². The van der Waals surface area contributed by atoms with Crippen molar-refractivity contribution in [1.29, 1.82) is 0 Å². The maximum Gasteiger partial charge on any atom is 0.417 e. The monoisotopic (exact) mass is 470 g/mol. The molecule has 12 heteroatoms. The third-order valence-electron chi connectivity index (χ3n) is 5.25. The van der Waals surface area contributed by atoms with Crippen molar-refractivity contribution < 1.29 is 13.2 Å². The summed E-state index contributed by atoms with van der Waals surface area (Å²) in [6.07, 6.45) is 1.60. The lowest BCUT2D eigenvalue weighted by Gasteiger charge is -2.23. The molecule has 0 aliphatic heterocycles. The standard InChI is InChI=1S/C22H21F3N8O/c1-4-12(5-2)32-33-20(14(6-3)30-19-17-18(27-10-26-17)28-11-29-19)31-15-9-7-8-13(22(23,24)25)16(15)21(33)34/h4-5,7-11,14,32H,1,6H2,2-3H3,(H2,26,27,28,29,30)/b12-5+. The summed E-state index contributed by atoms with van der Waals surface area (Å²) >= 11 is 0. The first-order chi connectivity index (χ1) is 16.3. The van der Waals surface area contributed by atoms with Gasteiger partial charge in [0.15, 0.2) is 17.3 Å². The van der Waals surface area contributed by atoms with Crippen LogP contribution in [0.4, 0.5) is 19.0 Å². The molecule has 0 bridgehead atoms. The smallest absolute Gasteiger partial charge is 0.358 e. The van der Waals surface area contributed by atoms with Gasteiger partial charge >= 0.3 is 6.18 Å². The Bertz CT molecular complexity index is 1450. The van der Waals surface area contributed by atoms with Gasteiger partial charge in [-0.3, -0.25) is 10.2 Å². The molecule has 0 amide bonds. The second-order valence-electron chi connectivity index (χ2n) is 7.30. The normalized spacial score (nSPS) is 13.3. The van der Waals surface area contributed by atoms with E-state index in [0.29, 0.717) is 29.1 Å². The van der Waals surface area contributed by atoms with Gasteiger partial charge in [-0.2, -0.15) is 13.2 Å². The highest BCUT2D eigenvalue weighted by molar-refractivity contribution is 5.83. The molecule has 34 heavy (non-hydrogen) atoms. The third-order valence-corrected chi connectivity index (χ3v) is 5.25. The number of aromatic amines is 1. The molecule has 3 aromatic heterocycles. The minimum Gasteiger partial charge on any atom is -0.358 e. The van der Waals surface area contributed by atoms with Crippen molar-refractivity contribution in [3.8, 4) is 0 Å². The Kier molecular flexibility index (Phi) is 6.05. The zero-order valence-electron chi connectivity index (χ0n) is 18.3. The fourth-order valence-electron chi connectivity index (χ4n) is 3.57. The summed E-state index contributed by atoms with van der Waals surface area (Å²) in [7, 11) is 0. The average molecular weight is 470 g/mol. The van der Waals surface area contributed by atoms with Crippen LogP contribution in [0.25, 0.3) is 22.1 Å². The molecule has 4 aromatic rings. The molecule has 4 rings (SSSR count). The van der Waals surface area contributed by atoms with Crippen LogP contribution in [0, 0.1) is 0 Å². The lowest BCUT2D eigenvalue weighted by atomic mass is 10.1. The van der Waals surface area contributed by atoms with E-state index in [-0.39, 0.29) is 11.3 Å². The summed E-state index contributed by atoms with van der Waals surface area (Å²) in [5.74, 6) is 0.556. The number of hydrogen-bond acceptors (Lipinski definition) is 7. The van der Waals surface area contributed by atoms with Gasteiger partial charge in [0.2, 0.25) is 0 Å². The highest BCUT2D eigenvalue weighted by Crippen LogP contribution is 2.33. The highest BCUT2D eigenvalue weighted by atomic mass is 19.4. The number of alkyl halides is 3. The number of anilines is 1. The molecular formula is C22H21F3N8O. The van der Waals surface area contributed by atoms with Crippen molar-refractivity contribution in [2.75, 3.05) is 10.7 Å². The summed E-state index contributed by atoms with van der Waals surface area (Å²) < 4.78 is 42.1. The molecule has 0 saturated carbocycles. The molecule has 9 nitrogen and oxygen atoms in total. The van der Waals surface area contributed by atoms with Crippen LogP contribution >= 0.6 is 0 Å². The zero-order valence-corrected chi connectivity index (χ0v) is 18.3. The van der Waals surface area contributed by atoms with E-state index in [1.54, 1.807) is 13.0 Å². The second-order valence-corrected chi connectivity index (χ2v) is 7.30. The van der Waals surface area contributed by atoms with E-state index in [9.17, 15) is 18.0 Å². The van der Waals surface area contributed by atoms with Crippen molar-refractivity contribution in [2.24, 2.45) is 0 Å². The predicted octanol–water partition coefficient (Wildman–Crippen LogP) is 4.28. The zero-order chi connectivity index (χ0) is 24.5. The molecule has 0 aliphatic rings. The Morgan fingerprint density at radius 2 is 2.09 bits per heavy atom. The number of fused-ring (bicyclic) bond motifs is 2. The van der Waals surface area contributed by atoms with Crippen LogP contribution in [-0.4, -0.2) is 29.6 Å². The van der Waals surface area contributed by atoms with Crippen LogP contribution < -0.4 is 16.3 Å². The van der Waals surface area contributed by atoms with Crippen LogP contribution in [0.15, 0.2) is 60.1 Å². The van der Waals surface area contributed by atoms with Gasteiger partial charge in [-0.25, -0.2) is 24.6 Å². The first-order valence-corrected chi connectivity index (χ1v) is 10.4. The summed E-state index contributed by atoms with van der Waals surface area (Å²) in [5.41, 5.74) is 2.23. The topological polar surface area (TPSA) is 113 Å². The van der Waals surface area contributed by atoms with Gasteiger partial charge in [-0.05, 0) is 31.6 Å². The van der Waals surface area contributed by atoms with E-state index in [1.807, 2.05) is 6.92 Å². The SMILES string of the molecule is C=C/C(=C\C)Nn1c(C(CC)Nc2ncnc3[nH]cnc23)nc2cccc(C(F)(F)F)c2c1=O. The number of benzene rings is 1. The number of hydrogen-bond donors (Lipinski definition) is 3. The summed E-state index contributed by atoms with van der Waals surface area (Å²) in [6, 6.07) is 2.86. The number of nitrogens with one attached hydrogen (secondary N) is 3. The Hall–Kier alpha value is -4.22. The quantitative estimate of drug-likeness (QED) is 0.346. The molecule has 0 aliphatic carbocycles. The van der Waals surface area contributed by atoms with Crippen molar-refractivity contribution >= 4 is 27.9 Å². The van der Waals surface area contributed by atoms with Crippen molar-refractivity contribution in [1.82, 2.24) is 29.6 Å². The Labute approximate surface area is 191 Å². The number of H-pyrrole nitrogens is 1. The van der Waals surface area contributed by atoms with Crippen LogP contribution in [0.3, 0.4) is 0 Å². The first-order valence-electron chi connectivity index (χ1n) is 10.4. The average Bonchev–Trinajstić information content (AvgIpc) is 3.31. The third kappa shape index (κ3) is 4.09. The Morgan fingerprint density at radius 1 is 1.29 bits per heavy atom. The van der Waals surface area contributed by atoms with E-state index in [1.165, 1.54) is 30.9 Å². The summed E-state index contributed by atoms with van der Waals surface area (Å²) in [6.45, 7) is 7.22. The number of nitrogens with zero attached hydrogens (tertiary/aromatic N) is 5. The molecule has 176 valence electrons. The van der Waals surface area contributed by atoms with Crippen molar-refractivity contribution in [3.05, 3.63) is 77.0 Å². The van der Waals surface area contributed by atoms with E-state index in [0.717, 1.165) is 10.7 Å². The molecule has 1 aromatic carbocycles. The van der Waals surface area contributed by atoms with E-state index in [4.69, 9.17) is 0 Å². The van der Waals surface area contributed by atoms with Gasteiger partial charge in [0.1, 0.15) is 11.8 Å². The fraction of sp³-hybridized carbons (Fsp3) is 0.227. The molecule has 0 fully saturated rings. The number of allylic oxidation sites excluding steroid dienone is 2. The molecule has 0 radical (unpaired) electrons. The van der Waals surface area contributed by atoms with Gasteiger partial charge < -0.3 is 10.3 Å². The van der Waals surface area contributed by atoms with Crippen LogP contribution in [0.1, 0.15) is 37.7 Å². The highest BCUT2D eigenvalue weighted by Gasteiger charge is 2.35. The molecule has 1 atom stereocenters. The molecule has 3 heterocycles. The minimum atomic E-state index is -4.73. The molecule has 0 saturated heterocycles. The molecular weight excluding hydrogens is 449 g/mol. The maximum atomic E-state index is 13.7. The summed E-state index contributed by atoms with van der Waals surface area (Å²) in [5, 5.41) is 2.67. The van der Waals surface area contributed by atoms with Crippen LogP contribution in [-0.2, 0) is 6.18 Å². The van der Waals surface area contributed by atoms with Gasteiger partial charge in [0.25, 0.3) is 5.56 Å². The van der Waals surface area contributed by atoms with Gasteiger partial charge in [0, 0.05) is 5.70 Å². The fourth-order valence-corrected chi connectivity index (χ4v) is 3.57. The van der Waals surface area contributed by atoms with Crippen molar-refractivity contribution in [2.45, 2.75) is 32.5 Å². The largest absolute Gasteiger partial charge is 0.417 e. The first kappa shape index (κ1) is 23.0. The number of rotatable bonds is 7. The molecule has 3 N–H and O–H groups in total. The minimum absolute atomic E-state index is 0.0682. The van der Waals surface area contributed by atoms with Crippen molar-refractivity contribution in [3.63, 3.8) is 0 Å². The second kappa shape index (κ2) is 8.96. The maximum absolute atomic E-state index is 13.7. The van der Waals surface area contributed by atoms with Gasteiger partial charge in [-0.1, -0.05) is 25.6 Å². The predicted molar refractivity (Wildman–Crippen MR) is 123 cm³/mol. The number of halogens is 3. The molecule has 0 spiro atoms. The van der Waals surface area contributed by atoms with Crippen LogP contribution in [0.2, 0.25) is 0 Å². The van der Waals surface area contributed by atoms with Gasteiger partial charge in [0.05, 0.1) is 28.8 Å². The number of imidazole rings is 1. The summed E-state index contributed by atoms with van der Waals surface area (Å²) in [4.78, 5) is 33.3. The number of aromatic nitrogens is 6. The Morgan fingerprint density at radius 3 is 2.76 bits per heavy atom. The van der Waals surface area contributed by atoms with Gasteiger partial charge in [-0.15, -0.1) is 0 Å². The molecule has 1 unspecified atom stereocenters. The van der Waals surface area contributed by atoms with E-state index in [2.05, 4.69) is 42.2 Å². The lowest BCUT2D eigenvalue weighted by molar-refractivity contribution is -0.136. The lowest BCUT2D eigenvalue weighted by Crippen LogP contribution is -2.36. The van der Waals surface area contributed by atoms with E-state index >= 15 is 0 Å². The van der Waals surface area contributed by atoms with Crippen LogP contribution in [0.5, 0.6) is 0 Å². The Balaban J connectivity index is 1.95.